The summed E-state index contributed by atoms with van der Waals surface area (Å²) in [4.78, 5) is 27.7. The van der Waals surface area contributed by atoms with Gasteiger partial charge >= 0.3 is 12.6 Å². The number of halogens is 3. The maximum Gasteiger partial charge on any atom is 0.387 e. The number of methoxy groups -OCH3 is 1. The van der Waals surface area contributed by atoms with Gasteiger partial charge in [0.05, 0.1) is 36.7 Å². The second-order valence-corrected chi connectivity index (χ2v) is 10.5. The van der Waals surface area contributed by atoms with Crippen LogP contribution in [-0.2, 0) is 36.8 Å². The molecule has 0 bridgehead atoms. The van der Waals surface area contributed by atoms with E-state index in [0.717, 1.165) is 11.3 Å². The zero-order chi connectivity index (χ0) is 27.7. The molecule has 1 aromatic heterocycles. The number of anilines is 1. The number of hydrogen-bond acceptors (Lipinski definition) is 7. The first-order valence-electron chi connectivity index (χ1n) is 12.2. The molecular formula is C25H31ClF2N4O6. The molecule has 2 aliphatic rings. The van der Waals surface area contributed by atoms with Crippen LogP contribution in [0.5, 0.6) is 5.75 Å². The molecule has 2 aromatic rings. The molecule has 0 radical (unpaired) electrons. The zero-order valence-electron chi connectivity index (χ0n) is 21.4. The monoisotopic (exact) mass is 556 g/mol. The summed E-state index contributed by atoms with van der Waals surface area (Å²) in [5.41, 5.74) is -0.218. The number of ether oxygens (including phenoxy) is 3. The minimum absolute atomic E-state index is 0.0480. The number of nitrogens with zero attached hydrogens (tertiary/aromatic N) is 3. The van der Waals surface area contributed by atoms with Gasteiger partial charge in [-0.15, -0.1) is 0 Å². The van der Waals surface area contributed by atoms with E-state index in [1.807, 2.05) is 18.7 Å². The molecule has 1 atom stereocenters. The minimum atomic E-state index is -3.11. The van der Waals surface area contributed by atoms with Crippen molar-refractivity contribution in [1.29, 1.82) is 0 Å². The fourth-order valence-electron chi connectivity index (χ4n) is 5.17. The summed E-state index contributed by atoms with van der Waals surface area (Å²) < 4.78 is 43.4. The van der Waals surface area contributed by atoms with Crippen molar-refractivity contribution in [3.8, 4) is 5.75 Å². The zero-order valence-corrected chi connectivity index (χ0v) is 22.1. The number of fused-ring (bicyclic) bond motifs is 1. The average molecular weight is 557 g/mol. The summed E-state index contributed by atoms with van der Waals surface area (Å²) in [6.07, 6.45) is 2.26. The molecule has 38 heavy (non-hydrogen) atoms. The van der Waals surface area contributed by atoms with E-state index >= 15 is 0 Å². The number of likely N-dealkylation sites (tertiary alicyclic amines) is 1. The van der Waals surface area contributed by atoms with Crippen molar-refractivity contribution in [2.24, 2.45) is 5.92 Å². The van der Waals surface area contributed by atoms with Crippen LogP contribution in [0.1, 0.15) is 37.9 Å². The second-order valence-electron chi connectivity index (χ2n) is 10.0. The quantitative estimate of drug-likeness (QED) is 0.455. The van der Waals surface area contributed by atoms with E-state index in [-0.39, 0.29) is 29.6 Å². The van der Waals surface area contributed by atoms with Crippen molar-refractivity contribution in [2.75, 3.05) is 38.7 Å². The van der Waals surface area contributed by atoms with Gasteiger partial charge in [-0.1, -0.05) is 11.6 Å². The van der Waals surface area contributed by atoms with Gasteiger partial charge in [0.1, 0.15) is 11.1 Å². The maximum absolute atomic E-state index is 14.0. The van der Waals surface area contributed by atoms with Crippen molar-refractivity contribution >= 4 is 29.2 Å². The van der Waals surface area contributed by atoms with Crippen molar-refractivity contribution in [1.82, 2.24) is 14.7 Å². The summed E-state index contributed by atoms with van der Waals surface area (Å²) in [6, 6.07) is 4.09. The van der Waals surface area contributed by atoms with Gasteiger partial charge in [-0.3, -0.25) is 14.3 Å². The van der Waals surface area contributed by atoms with Crippen LogP contribution in [0, 0.1) is 5.92 Å². The SMILES string of the molecule is COC[C@@H](CN1CCC(C(=O)Nc2ccc(Cl)cc2OC(F)F)(n2ncc3c2C(C)(C)OC3)CC1)C(=O)O. The smallest absolute Gasteiger partial charge is 0.387 e. The van der Waals surface area contributed by atoms with Gasteiger partial charge in [0.25, 0.3) is 5.91 Å². The van der Waals surface area contributed by atoms with Crippen molar-refractivity contribution < 1.29 is 37.7 Å². The molecule has 1 saturated heterocycles. The first-order chi connectivity index (χ1) is 18.0. The number of carboxylic acid groups (broad SMARTS) is 1. The Morgan fingerprint density at radius 1 is 1.29 bits per heavy atom. The van der Waals surface area contributed by atoms with Gasteiger partial charge in [-0.25, -0.2) is 0 Å². The highest BCUT2D eigenvalue weighted by molar-refractivity contribution is 6.30. The van der Waals surface area contributed by atoms with Crippen LogP contribution in [0.4, 0.5) is 14.5 Å². The number of benzene rings is 1. The Kier molecular flexibility index (Phi) is 8.26. The summed E-state index contributed by atoms with van der Waals surface area (Å²) in [5.74, 6) is -2.39. The van der Waals surface area contributed by atoms with Crippen LogP contribution >= 0.6 is 11.6 Å². The molecular weight excluding hydrogens is 526 g/mol. The van der Waals surface area contributed by atoms with Crippen LogP contribution in [0.15, 0.2) is 24.4 Å². The van der Waals surface area contributed by atoms with Gasteiger partial charge in [0.2, 0.25) is 0 Å². The number of carboxylic acids is 1. The van der Waals surface area contributed by atoms with E-state index in [9.17, 15) is 23.5 Å². The topological polar surface area (TPSA) is 115 Å². The van der Waals surface area contributed by atoms with Gasteiger partial charge in [0, 0.05) is 43.4 Å². The van der Waals surface area contributed by atoms with E-state index in [2.05, 4.69) is 15.2 Å². The molecule has 0 spiro atoms. The molecule has 0 aliphatic carbocycles. The van der Waals surface area contributed by atoms with E-state index in [1.54, 1.807) is 10.9 Å². The summed E-state index contributed by atoms with van der Waals surface area (Å²) in [6.45, 7) is 2.17. The lowest BCUT2D eigenvalue weighted by Gasteiger charge is -2.42. The predicted molar refractivity (Wildman–Crippen MR) is 133 cm³/mol. The third-order valence-electron chi connectivity index (χ3n) is 7.12. The van der Waals surface area contributed by atoms with Gasteiger partial charge in [-0.2, -0.15) is 13.9 Å². The van der Waals surface area contributed by atoms with E-state index in [0.29, 0.717) is 32.5 Å². The second kappa shape index (κ2) is 11.1. The molecule has 1 fully saturated rings. The lowest BCUT2D eigenvalue weighted by Crippen LogP contribution is -2.55. The van der Waals surface area contributed by atoms with Crippen LogP contribution in [-0.4, -0.2) is 71.6 Å². The van der Waals surface area contributed by atoms with E-state index < -0.39 is 35.5 Å². The van der Waals surface area contributed by atoms with Crippen molar-refractivity contribution in [2.45, 2.75) is 51.0 Å². The molecule has 0 unspecified atom stereocenters. The largest absolute Gasteiger partial charge is 0.481 e. The number of aliphatic carboxylic acids is 1. The van der Waals surface area contributed by atoms with Gasteiger partial charge < -0.3 is 29.5 Å². The summed E-state index contributed by atoms with van der Waals surface area (Å²) in [5, 5.41) is 17.1. The van der Waals surface area contributed by atoms with Crippen LogP contribution in [0.2, 0.25) is 5.02 Å². The lowest BCUT2D eigenvalue weighted by molar-refractivity contribution is -0.145. The molecule has 1 aromatic carbocycles. The molecule has 2 N–H and O–H groups in total. The minimum Gasteiger partial charge on any atom is -0.481 e. The number of nitrogens with one attached hydrogen (secondary N) is 1. The molecule has 4 rings (SSSR count). The number of carbonyl (C=O) groups is 2. The molecule has 208 valence electrons. The number of rotatable bonds is 10. The highest BCUT2D eigenvalue weighted by Crippen LogP contribution is 2.42. The van der Waals surface area contributed by atoms with Crippen LogP contribution in [0.3, 0.4) is 0 Å². The standard InChI is InChI=1S/C25H31ClF2N4O6/c1-24(2)20-15(14-37-24)11-29-32(20)25(6-8-31(9-7-25)12-16(13-36-3)21(33)34)22(35)30-18-5-4-17(26)10-19(18)38-23(27)28/h4-5,10-11,16,23H,6-9,12-14H2,1-3H3,(H,30,35)(H,33,34)/t16-/m1/s1. The van der Waals surface area contributed by atoms with E-state index in [1.165, 1.54) is 25.3 Å². The molecule has 3 heterocycles. The van der Waals surface area contributed by atoms with Crippen molar-refractivity contribution in [3.05, 3.63) is 40.7 Å². The highest BCUT2D eigenvalue weighted by atomic mass is 35.5. The number of amides is 1. The van der Waals surface area contributed by atoms with Gasteiger partial charge in [-0.05, 0) is 38.8 Å². The molecule has 2 aliphatic heterocycles. The Labute approximate surface area is 223 Å². The molecule has 0 saturated carbocycles. The number of hydrogen-bond donors (Lipinski definition) is 2. The Hall–Kier alpha value is -2.80. The Balaban J connectivity index is 1.66. The fourth-order valence-corrected chi connectivity index (χ4v) is 5.33. The number of carbonyl (C=O) groups excluding carboxylic acids is 1. The highest BCUT2D eigenvalue weighted by Gasteiger charge is 2.49. The fraction of sp³-hybridized carbons (Fsp3) is 0.560. The first-order valence-corrected chi connectivity index (χ1v) is 12.6. The van der Waals surface area contributed by atoms with E-state index in [4.69, 9.17) is 21.1 Å². The lowest BCUT2D eigenvalue weighted by atomic mass is 9.84. The third-order valence-corrected chi connectivity index (χ3v) is 7.35. The molecule has 10 nitrogen and oxygen atoms in total. The number of alkyl halides is 2. The maximum atomic E-state index is 14.0. The Morgan fingerprint density at radius 2 is 2.00 bits per heavy atom. The third kappa shape index (κ3) is 5.63. The van der Waals surface area contributed by atoms with Crippen LogP contribution in [0.25, 0.3) is 0 Å². The Morgan fingerprint density at radius 3 is 2.63 bits per heavy atom. The normalized spacial score (nSPS) is 19.2. The summed E-state index contributed by atoms with van der Waals surface area (Å²) >= 11 is 5.97. The number of aromatic nitrogens is 2. The number of piperidine rings is 1. The first kappa shape index (κ1) is 28.2. The van der Waals surface area contributed by atoms with Gasteiger partial charge in [0.15, 0.2) is 5.75 Å². The molecule has 13 heteroatoms. The van der Waals surface area contributed by atoms with Crippen molar-refractivity contribution in [3.63, 3.8) is 0 Å². The van der Waals surface area contributed by atoms with Crippen LogP contribution < -0.4 is 10.1 Å². The summed E-state index contributed by atoms with van der Waals surface area (Å²) in [7, 11) is 1.45. The average Bonchev–Trinajstić information content (AvgIpc) is 3.42. The Bertz CT molecular complexity index is 1180. The predicted octanol–water partition coefficient (Wildman–Crippen LogP) is 3.68. The molecule has 1 amide bonds.